The summed E-state index contributed by atoms with van der Waals surface area (Å²) in [5, 5.41) is 0. The molecule has 0 spiro atoms. The first-order chi connectivity index (χ1) is 7.23. The van der Waals surface area contributed by atoms with Crippen molar-refractivity contribution in [2.45, 2.75) is 33.1 Å². The molecule has 4 unspecified atom stereocenters. The molecule has 0 aliphatic heterocycles. The molecule has 3 rings (SSSR count). The average molecular weight is 200 g/mol. The van der Waals surface area contributed by atoms with Crippen LogP contribution >= 0.6 is 0 Å². The minimum atomic E-state index is 0.346. The fourth-order valence-electron chi connectivity index (χ4n) is 4.08. The number of allylic oxidation sites excluding steroid dienone is 6. The van der Waals surface area contributed by atoms with Gasteiger partial charge in [-0.05, 0) is 37.0 Å². The van der Waals surface area contributed by atoms with Crippen molar-refractivity contribution in [3.05, 3.63) is 36.0 Å². The van der Waals surface area contributed by atoms with Crippen molar-refractivity contribution in [1.82, 2.24) is 0 Å². The van der Waals surface area contributed by atoms with Crippen molar-refractivity contribution in [2.75, 3.05) is 0 Å². The van der Waals surface area contributed by atoms with Gasteiger partial charge in [-0.15, -0.1) is 0 Å². The standard InChI is InChI=1S/C15H20/c1-11-12-7-3-4-9-14(12)15(2)10-6-5-8-13(11)15/h5-6,8-13H,3-4,7H2,1-2H3. The first-order valence-corrected chi connectivity index (χ1v) is 6.30. The molecule has 1 fully saturated rings. The Balaban J connectivity index is 2.10. The van der Waals surface area contributed by atoms with Gasteiger partial charge in [-0.25, -0.2) is 0 Å². The number of hydrogen-bond acceptors (Lipinski definition) is 0. The number of hydrogen-bond donors (Lipinski definition) is 0. The smallest absolute Gasteiger partial charge is 0.0134 e. The van der Waals surface area contributed by atoms with Crippen LogP contribution in [0.2, 0.25) is 0 Å². The van der Waals surface area contributed by atoms with Gasteiger partial charge in [0.1, 0.15) is 0 Å². The summed E-state index contributed by atoms with van der Waals surface area (Å²) >= 11 is 0. The molecule has 0 nitrogen and oxygen atoms in total. The van der Waals surface area contributed by atoms with E-state index >= 15 is 0 Å². The van der Waals surface area contributed by atoms with Gasteiger partial charge < -0.3 is 0 Å². The summed E-state index contributed by atoms with van der Waals surface area (Å²) in [7, 11) is 0. The molecule has 15 heavy (non-hydrogen) atoms. The molecule has 0 amide bonds. The van der Waals surface area contributed by atoms with Crippen LogP contribution in [0.15, 0.2) is 36.0 Å². The molecule has 0 radical (unpaired) electrons. The Kier molecular flexibility index (Phi) is 1.95. The molecule has 0 heterocycles. The summed E-state index contributed by atoms with van der Waals surface area (Å²) in [6, 6.07) is 0. The summed E-state index contributed by atoms with van der Waals surface area (Å²) < 4.78 is 0. The first-order valence-electron chi connectivity index (χ1n) is 6.30. The predicted molar refractivity (Wildman–Crippen MR) is 64.5 cm³/mol. The molecule has 0 aromatic heterocycles. The zero-order valence-electron chi connectivity index (χ0n) is 9.74. The van der Waals surface area contributed by atoms with Crippen molar-refractivity contribution < 1.29 is 0 Å². The highest BCUT2D eigenvalue weighted by atomic mass is 14.5. The molecule has 3 aliphatic carbocycles. The minimum absolute atomic E-state index is 0.346. The number of rotatable bonds is 0. The zero-order valence-corrected chi connectivity index (χ0v) is 9.74. The third-order valence-electron chi connectivity index (χ3n) is 4.87. The van der Waals surface area contributed by atoms with Gasteiger partial charge in [0.05, 0.1) is 0 Å². The van der Waals surface area contributed by atoms with E-state index in [0.717, 1.165) is 17.8 Å². The second-order valence-electron chi connectivity index (χ2n) is 5.61. The molecule has 0 bridgehead atoms. The lowest BCUT2D eigenvalue weighted by Crippen LogP contribution is -2.23. The molecule has 4 atom stereocenters. The second-order valence-corrected chi connectivity index (χ2v) is 5.61. The van der Waals surface area contributed by atoms with Gasteiger partial charge in [-0.1, -0.05) is 49.8 Å². The Bertz CT molecular complexity index is 358. The van der Waals surface area contributed by atoms with Gasteiger partial charge in [-0.3, -0.25) is 0 Å². The second kappa shape index (κ2) is 3.10. The van der Waals surface area contributed by atoms with Crippen LogP contribution in [0.1, 0.15) is 33.1 Å². The van der Waals surface area contributed by atoms with Gasteiger partial charge in [0.25, 0.3) is 0 Å². The quantitative estimate of drug-likeness (QED) is 0.516. The molecular formula is C15H20. The monoisotopic (exact) mass is 200 g/mol. The van der Waals surface area contributed by atoms with Crippen molar-refractivity contribution in [3.63, 3.8) is 0 Å². The van der Waals surface area contributed by atoms with Crippen LogP contribution in [-0.2, 0) is 0 Å². The third kappa shape index (κ3) is 1.14. The van der Waals surface area contributed by atoms with Crippen LogP contribution in [-0.4, -0.2) is 0 Å². The summed E-state index contributed by atoms with van der Waals surface area (Å²) in [6.45, 7) is 4.88. The van der Waals surface area contributed by atoms with Gasteiger partial charge in [0, 0.05) is 5.41 Å². The molecule has 3 aliphatic rings. The van der Waals surface area contributed by atoms with Crippen molar-refractivity contribution in [2.24, 2.45) is 23.2 Å². The fourth-order valence-corrected chi connectivity index (χ4v) is 4.08. The molecule has 0 aromatic rings. The van der Waals surface area contributed by atoms with E-state index in [2.05, 4.69) is 44.2 Å². The molecule has 0 aromatic carbocycles. The molecule has 0 saturated heterocycles. The van der Waals surface area contributed by atoms with Crippen LogP contribution in [0.25, 0.3) is 0 Å². The molecule has 0 N–H and O–H groups in total. The van der Waals surface area contributed by atoms with E-state index < -0.39 is 0 Å². The minimum Gasteiger partial charge on any atom is -0.0842 e. The topological polar surface area (TPSA) is 0 Å². The van der Waals surface area contributed by atoms with E-state index in [-0.39, 0.29) is 0 Å². The van der Waals surface area contributed by atoms with E-state index in [4.69, 9.17) is 0 Å². The van der Waals surface area contributed by atoms with Crippen LogP contribution < -0.4 is 0 Å². The Labute approximate surface area is 92.8 Å². The van der Waals surface area contributed by atoms with Crippen molar-refractivity contribution in [1.29, 1.82) is 0 Å². The maximum Gasteiger partial charge on any atom is 0.0134 e. The van der Waals surface area contributed by atoms with Gasteiger partial charge in [0.15, 0.2) is 0 Å². The highest BCUT2D eigenvalue weighted by Crippen LogP contribution is 2.59. The van der Waals surface area contributed by atoms with Gasteiger partial charge >= 0.3 is 0 Å². The lowest BCUT2D eigenvalue weighted by atomic mass is 9.72. The highest BCUT2D eigenvalue weighted by Gasteiger charge is 2.50. The maximum absolute atomic E-state index is 2.54. The largest absolute Gasteiger partial charge is 0.0842 e. The van der Waals surface area contributed by atoms with Crippen molar-refractivity contribution >= 4 is 0 Å². The van der Waals surface area contributed by atoms with Gasteiger partial charge in [0.2, 0.25) is 0 Å². The fraction of sp³-hybridized carbons (Fsp3) is 0.600. The van der Waals surface area contributed by atoms with E-state index in [9.17, 15) is 0 Å². The summed E-state index contributed by atoms with van der Waals surface area (Å²) in [4.78, 5) is 0. The third-order valence-corrected chi connectivity index (χ3v) is 4.87. The van der Waals surface area contributed by atoms with E-state index in [0.29, 0.717) is 5.41 Å². The molecule has 1 saturated carbocycles. The lowest BCUT2D eigenvalue weighted by Gasteiger charge is -2.32. The predicted octanol–water partition coefficient (Wildman–Crippen LogP) is 4.11. The van der Waals surface area contributed by atoms with Crippen molar-refractivity contribution in [3.8, 4) is 0 Å². The van der Waals surface area contributed by atoms with Gasteiger partial charge in [-0.2, -0.15) is 0 Å². The van der Waals surface area contributed by atoms with E-state index in [1.165, 1.54) is 19.3 Å². The SMILES string of the molecule is CC1C2CCCC=C2C2(C)C=CC=CC12. The van der Waals surface area contributed by atoms with Crippen LogP contribution in [0.3, 0.4) is 0 Å². The average Bonchev–Trinajstić information content (AvgIpc) is 2.50. The Morgan fingerprint density at radius 3 is 3.07 bits per heavy atom. The van der Waals surface area contributed by atoms with Crippen LogP contribution in [0.4, 0.5) is 0 Å². The zero-order chi connectivity index (χ0) is 10.5. The normalized spacial score (nSPS) is 47.3. The molecule has 0 heteroatoms. The Morgan fingerprint density at radius 1 is 1.33 bits per heavy atom. The van der Waals surface area contributed by atoms with E-state index in [1.54, 1.807) is 5.57 Å². The first kappa shape index (κ1) is 9.45. The Hall–Kier alpha value is -0.780. The maximum atomic E-state index is 2.54. The highest BCUT2D eigenvalue weighted by molar-refractivity contribution is 5.38. The van der Waals surface area contributed by atoms with Crippen LogP contribution in [0.5, 0.6) is 0 Å². The number of fused-ring (bicyclic) bond motifs is 3. The summed E-state index contributed by atoms with van der Waals surface area (Å²) in [6.07, 6.45) is 16.0. The molecular weight excluding hydrogens is 180 g/mol. The Morgan fingerprint density at radius 2 is 2.20 bits per heavy atom. The summed E-state index contributed by atoms with van der Waals surface area (Å²) in [5.41, 5.74) is 2.09. The van der Waals surface area contributed by atoms with E-state index in [1.807, 2.05) is 0 Å². The summed E-state index contributed by atoms with van der Waals surface area (Å²) in [5.74, 6) is 2.45. The van der Waals surface area contributed by atoms with Crippen LogP contribution in [0, 0.1) is 23.2 Å². The lowest BCUT2D eigenvalue weighted by molar-refractivity contribution is 0.320. The molecule has 80 valence electrons.